The van der Waals surface area contributed by atoms with E-state index in [4.69, 9.17) is 5.73 Å². The van der Waals surface area contributed by atoms with E-state index >= 15 is 0 Å². The average molecular weight is 252 g/mol. The summed E-state index contributed by atoms with van der Waals surface area (Å²) in [5.41, 5.74) is 5.28. The second kappa shape index (κ2) is 4.13. The molecule has 13 heavy (non-hydrogen) atoms. The molecular formula is C8H8BrF2NO. The molecule has 1 rings (SSSR count). The highest BCUT2D eigenvalue weighted by Gasteiger charge is 2.12. The number of hydrogen-bond acceptors (Lipinski definition) is 2. The molecule has 1 atom stereocenters. The summed E-state index contributed by atoms with van der Waals surface area (Å²) in [6, 6.07) is 2.09. The molecule has 1 aromatic rings. The number of halogens is 3. The third kappa shape index (κ3) is 2.24. The van der Waals surface area contributed by atoms with Gasteiger partial charge in [0.1, 0.15) is 11.6 Å². The van der Waals surface area contributed by atoms with E-state index in [2.05, 4.69) is 15.9 Å². The van der Waals surface area contributed by atoms with Gasteiger partial charge in [-0.25, -0.2) is 8.78 Å². The minimum atomic E-state index is -1.03. The number of rotatable bonds is 2. The largest absolute Gasteiger partial charge is 0.387 e. The van der Waals surface area contributed by atoms with Gasteiger partial charge >= 0.3 is 0 Å². The quantitative estimate of drug-likeness (QED) is 0.787. The molecule has 0 aliphatic heterocycles. The zero-order valence-corrected chi connectivity index (χ0v) is 8.18. The van der Waals surface area contributed by atoms with Crippen molar-refractivity contribution in [3.63, 3.8) is 0 Å². The van der Waals surface area contributed by atoms with Crippen LogP contribution in [0.5, 0.6) is 0 Å². The van der Waals surface area contributed by atoms with Crippen LogP contribution in [-0.2, 0) is 0 Å². The number of aliphatic hydroxyl groups excluding tert-OH is 1. The Balaban J connectivity index is 3.13. The van der Waals surface area contributed by atoms with E-state index in [1.165, 1.54) is 0 Å². The van der Waals surface area contributed by atoms with E-state index in [0.717, 1.165) is 12.1 Å². The summed E-state index contributed by atoms with van der Waals surface area (Å²) in [5, 5.41) is 9.20. The molecule has 0 aromatic heterocycles. The fourth-order valence-electron chi connectivity index (χ4n) is 0.904. The molecule has 0 aliphatic carbocycles. The summed E-state index contributed by atoms with van der Waals surface area (Å²) in [5.74, 6) is -1.50. The molecule has 72 valence electrons. The van der Waals surface area contributed by atoms with Crippen molar-refractivity contribution in [2.75, 3.05) is 6.54 Å². The molecule has 1 aromatic carbocycles. The van der Waals surface area contributed by atoms with Crippen molar-refractivity contribution in [2.45, 2.75) is 6.10 Å². The van der Waals surface area contributed by atoms with Gasteiger partial charge in [0, 0.05) is 6.54 Å². The smallest absolute Gasteiger partial charge is 0.140 e. The first-order chi connectivity index (χ1) is 6.06. The van der Waals surface area contributed by atoms with Crippen molar-refractivity contribution >= 4 is 15.9 Å². The Morgan fingerprint density at radius 3 is 2.23 bits per heavy atom. The Labute approximate surface area is 82.5 Å². The summed E-state index contributed by atoms with van der Waals surface area (Å²) in [7, 11) is 0. The first kappa shape index (κ1) is 10.6. The molecule has 0 amide bonds. The lowest BCUT2D eigenvalue weighted by atomic mass is 10.1. The van der Waals surface area contributed by atoms with E-state index in [9.17, 15) is 13.9 Å². The van der Waals surface area contributed by atoms with Crippen LogP contribution in [0, 0.1) is 11.6 Å². The first-order valence-electron chi connectivity index (χ1n) is 3.59. The molecule has 0 radical (unpaired) electrons. The van der Waals surface area contributed by atoms with Gasteiger partial charge in [0.25, 0.3) is 0 Å². The van der Waals surface area contributed by atoms with Gasteiger partial charge in [-0.05, 0) is 33.6 Å². The molecule has 0 bridgehead atoms. The van der Waals surface area contributed by atoms with Gasteiger partial charge in [-0.2, -0.15) is 0 Å². The van der Waals surface area contributed by atoms with Crippen LogP contribution in [0.2, 0.25) is 0 Å². The van der Waals surface area contributed by atoms with Crippen LogP contribution in [0.4, 0.5) is 8.78 Å². The number of benzene rings is 1. The van der Waals surface area contributed by atoms with Crippen molar-refractivity contribution in [3.05, 3.63) is 33.8 Å². The van der Waals surface area contributed by atoms with Crippen LogP contribution in [0.3, 0.4) is 0 Å². The maximum Gasteiger partial charge on any atom is 0.140 e. The van der Waals surface area contributed by atoms with E-state index in [1.807, 2.05) is 0 Å². The van der Waals surface area contributed by atoms with Crippen LogP contribution in [-0.4, -0.2) is 11.7 Å². The zero-order chi connectivity index (χ0) is 10.0. The van der Waals surface area contributed by atoms with Gasteiger partial charge < -0.3 is 10.8 Å². The van der Waals surface area contributed by atoms with Crippen LogP contribution in [0.15, 0.2) is 16.6 Å². The predicted molar refractivity (Wildman–Crippen MR) is 48.1 cm³/mol. The topological polar surface area (TPSA) is 46.2 Å². The van der Waals surface area contributed by atoms with Crippen LogP contribution >= 0.6 is 15.9 Å². The van der Waals surface area contributed by atoms with Gasteiger partial charge in [0.15, 0.2) is 0 Å². The maximum atomic E-state index is 12.9. The summed E-state index contributed by atoms with van der Waals surface area (Å²) < 4.78 is 25.6. The monoisotopic (exact) mass is 251 g/mol. The number of aliphatic hydroxyl groups is 1. The second-order valence-corrected chi connectivity index (χ2v) is 3.34. The van der Waals surface area contributed by atoms with Crippen molar-refractivity contribution in [1.29, 1.82) is 0 Å². The normalized spacial score (nSPS) is 13.0. The molecule has 2 nitrogen and oxygen atoms in total. The number of nitrogens with two attached hydrogens (primary N) is 1. The van der Waals surface area contributed by atoms with Crippen molar-refractivity contribution < 1.29 is 13.9 Å². The fourth-order valence-corrected chi connectivity index (χ4v) is 1.13. The summed E-state index contributed by atoms with van der Waals surface area (Å²) >= 11 is 2.72. The summed E-state index contributed by atoms with van der Waals surface area (Å²) in [6.45, 7) is -0.0689. The second-order valence-electron chi connectivity index (χ2n) is 2.55. The predicted octanol–water partition coefficient (Wildman–Crippen LogP) is 1.72. The van der Waals surface area contributed by atoms with Gasteiger partial charge in [0.05, 0.1) is 10.6 Å². The van der Waals surface area contributed by atoms with Crippen LogP contribution in [0.25, 0.3) is 0 Å². The minimum absolute atomic E-state index is 0.0689. The lowest BCUT2D eigenvalue weighted by Crippen LogP contribution is -2.12. The van der Waals surface area contributed by atoms with Gasteiger partial charge in [-0.15, -0.1) is 0 Å². The van der Waals surface area contributed by atoms with Crippen LogP contribution < -0.4 is 5.73 Å². The van der Waals surface area contributed by atoms with Gasteiger partial charge in [0.2, 0.25) is 0 Å². The SMILES string of the molecule is NCC(O)c1cc(F)c(Br)c(F)c1. The summed E-state index contributed by atoms with van der Waals surface area (Å²) in [4.78, 5) is 0. The Morgan fingerprint density at radius 1 is 1.38 bits per heavy atom. The Morgan fingerprint density at radius 2 is 1.85 bits per heavy atom. The van der Waals surface area contributed by atoms with E-state index in [1.54, 1.807) is 0 Å². The van der Waals surface area contributed by atoms with Crippen molar-refractivity contribution in [2.24, 2.45) is 5.73 Å². The first-order valence-corrected chi connectivity index (χ1v) is 4.38. The van der Waals surface area contributed by atoms with Crippen molar-refractivity contribution in [1.82, 2.24) is 0 Å². The third-order valence-corrected chi connectivity index (χ3v) is 2.37. The molecule has 0 saturated heterocycles. The highest BCUT2D eigenvalue weighted by molar-refractivity contribution is 9.10. The lowest BCUT2D eigenvalue weighted by molar-refractivity contribution is 0.185. The average Bonchev–Trinajstić information content (AvgIpc) is 2.12. The molecule has 0 saturated carbocycles. The molecule has 5 heteroatoms. The molecule has 0 spiro atoms. The molecule has 3 N–H and O–H groups in total. The highest BCUT2D eigenvalue weighted by atomic mass is 79.9. The zero-order valence-electron chi connectivity index (χ0n) is 6.60. The fraction of sp³-hybridized carbons (Fsp3) is 0.250. The molecule has 0 fully saturated rings. The Kier molecular flexibility index (Phi) is 3.35. The molecule has 0 heterocycles. The Bertz CT molecular complexity index is 296. The molecule has 0 aliphatic rings. The van der Waals surface area contributed by atoms with Crippen LogP contribution in [0.1, 0.15) is 11.7 Å². The van der Waals surface area contributed by atoms with E-state index < -0.39 is 17.7 Å². The number of hydrogen-bond donors (Lipinski definition) is 2. The Hall–Kier alpha value is -0.520. The van der Waals surface area contributed by atoms with Gasteiger partial charge in [-0.1, -0.05) is 0 Å². The minimum Gasteiger partial charge on any atom is -0.387 e. The van der Waals surface area contributed by atoms with Gasteiger partial charge in [-0.3, -0.25) is 0 Å². The lowest BCUT2D eigenvalue weighted by Gasteiger charge is -2.08. The van der Waals surface area contributed by atoms with Crippen molar-refractivity contribution in [3.8, 4) is 0 Å². The molecule has 1 unspecified atom stereocenters. The highest BCUT2D eigenvalue weighted by Crippen LogP contribution is 2.23. The van der Waals surface area contributed by atoms with E-state index in [-0.39, 0.29) is 16.6 Å². The standard InChI is InChI=1S/C8H8BrF2NO/c9-8-5(10)1-4(2-6(8)11)7(13)3-12/h1-2,7,13H,3,12H2. The van der Waals surface area contributed by atoms with E-state index in [0.29, 0.717) is 0 Å². The maximum absolute atomic E-state index is 12.9. The third-order valence-electron chi connectivity index (χ3n) is 1.61. The summed E-state index contributed by atoms with van der Waals surface area (Å²) in [6.07, 6.45) is -1.03. The molecular weight excluding hydrogens is 244 g/mol.